The molecule has 1 aliphatic rings. The van der Waals surface area contributed by atoms with E-state index in [1.54, 1.807) is 29.1 Å². The minimum absolute atomic E-state index is 0.213. The first kappa shape index (κ1) is 20.7. The van der Waals surface area contributed by atoms with Crippen molar-refractivity contribution in [1.82, 2.24) is 19.7 Å². The maximum Gasteiger partial charge on any atom is 0.269 e. The number of hydrogen-bond acceptors (Lipinski definition) is 6. The smallest absolute Gasteiger partial charge is 0.269 e. The maximum absolute atomic E-state index is 12.7. The van der Waals surface area contributed by atoms with Gasteiger partial charge in [0.2, 0.25) is 0 Å². The molecule has 33 heavy (non-hydrogen) atoms. The van der Waals surface area contributed by atoms with E-state index in [1.807, 2.05) is 18.2 Å². The standard InChI is InChI=1S/C23H18ClN7O2/c24-18-11-27-8-7-15(18)23(33)29-13-3-1-12-2-5-16-20(22(26)32)30-31(21(16)17(12)9-13)14-4-6-19(25)28-10-14/h1,3-4,6-11H,2,5H2,(H2,25,28)(H2,26,32)(H,29,33). The van der Waals surface area contributed by atoms with Gasteiger partial charge in [-0.1, -0.05) is 17.7 Å². The Kier molecular flexibility index (Phi) is 5.02. The third-order valence-corrected chi connectivity index (χ3v) is 5.82. The van der Waals surface area contributed by atoms with Gasteiger partial charge in [0, 0.05) is 29.2 Å². The monoisotopic (exact) mass is 459 g/mol. The summed E-state index contributed by atoms with van der Waals surface area (Å²) >= 11 is 6.11. The maximum atomic E-state index is 12.7. The first-order valence-electron chi connectivity index (χ1n) is 10.1. The van der Waals surface area contributed by atoms with Crippen molar-refractivity contribution in [3.8, 4) is 16.9 Å². The Labute approximate surface area is 193 Å². The number of nitrogen functional groups attached to an aromatic ring is 1. The molecule has 0 saturated carbocycles. The zero-order valence-corrected chi connectivity index (χ0v) is 18.0. The lowest BCUT2D eigenvalue weighted by atomic mass is 9.88. The van der Waals surface area contributed by atoms with E-state index in [9.17, 15) is 9.59 Å². The van der Waals surface area contributed by atoms with Crippen LogP contribution in [0.15, 0.2) is 55.0 Å². The SMILES string of the molecule is NC(=O)c1nn(-c2ccc(N)nc2)c2c1CCc1ccc(NC(=O)c3ccncc3Cl)cc1-2. The molecule has 3 heterocycles. The van der Waals surface area contributed by atoms with Crippen LogP contribution in [0.2, 0.25) is 5.02 Å². The molecule has 1 aliphatic carbocycles. The summed E-state index contributed by atoms with van der Waals surface area (Å²) < 4.78 is 1.64. The summed E-state index contributed by atoms with van der Waals surface area (Å²) in [4.78, 5) is 32.9. The van der Waals surface area contributed by atoms with Crippen molar-refractivity contribution in [2.75, 3.05) is 11.1 Å². The van der Waals surface area contributed by atoms with Crippen molar-refractivity contribution in [1.29, 1.82) is 0 Å². The lowest BCUT2D eigenvalue weighted by Gasteiger charge is -2.20. The van der Waals surface area contributed by atoms with Crippen molar-refractivity contribution in [2.45, 2.75) is 12.8 Å². The highest BCUT2D eigenvalue weighted by Crippen LogP contribution is 2.38. The van der Waals surface area contributed by atoms with Gasteiger partial charge in [0.25, 0.3) is 11.8 Å². The van der Waals surface area contributed by atoms with Crippen LogP contribution in [-0.4, -0.2) is 31.6 Å². The van der Waals surface area contributed by atoms with Gasteiger partial charge in [-0.15, -0.1) is 0 Å². The summed E-state index contributed by atoms with van der Waals surface area (Å²) in [6.45, 7) is 0. The number of anilines is 2. The molecule has 5 rings (SSSR count). The Morgan fingerprint density at radius 3 is 2.67 bits per heavy atom. The Morgan fingerprint density at radius 1 is 1.09 bits per heavy atom. The molecule has 0 bridgehead atoms. The summed E-state index contributed by atoms with van der Waals surface area (Å²) in [5.41, 5.74) is 16.5. The van der Waals surface area contributed by atoms with E-state index in [4.69, 9.17) is 23.1 Å². The summed E-state index contributed by atoms with van der Waals surface area (Å²) in [5, 5.41) is 7.62. The minimum atomic E-state index is -0.603. The largest absolute Gasteiger partial charge is 0.384 e. The van der Waals surface area contributed by atoms with E-state index in [2.05, 4.69) is 20.4 Å². The van der Waals surface area contributed by atoms with Crippen molar-refractivity contribution >= 4 is 34.9 Å². The van der Waals surface area contributed by atoms with Gasteiger partial charge in [-0.25, -0.2) is 9.67 Å². The lowest BCUT2D eigenvalue weighted by Crippen LogP contribution is -2.16. The molecule has 0 radical (unpaired) electrons. The van der Waals surface area contributed by atoms with Crippen molar-refractivity contribution < 1.29 is 9.59 Å². The average Bonchev–Trinajstić information content (AvgIpc) is 3.20. The zero-order valence-electron chi connectivity index (χ0n) is 17.2. The molecular weight excluding hydrogens is 442 g/mol. The predicted octanol–water partition coefficient (Wildman–Crippen LogP) is 3.01. The van der Waals surface area contributed by atoms with Crippen LogP contribution in [0.4, 0.5) is 11.5 Å². The molecule has 0 spiro atoms. The van der Waals surface area contributed by atoms with Crippen molar-refractivity contribution in [2.24, 2.45) is 5.73 Å². The van der Waals surface area contributed by atoms with Gasteiger partial charge >= 0.3 is 0 Å². The molecule has 2 amide bonds. The highest BCUT2D eigenvalue weighted by atomic mass is 35.5. The van der Waals surface area contributed by atoms with E-state index < -0.39 is 5.91 Å². The number of amides is 2. The first-order valence-corrected chi connectivity index (χ1v) is 10.5. The Hall–Kier alpha value is -4.24. The normalized spacial score (nSPS) is 12.0. The van der Waals surface area contributed by atoms with E-state index in [-0.39, 0.29) is 16.6 Å². The minimum Gasteiger partial charge on any atom is -0.384 e. The fraction of sp³-hybridized carbons (Fsp3) is 0.0870. The molecule has 0 saturated heterocycles. The highest BCUT2D eigenvalue weighted by molar-refractivity contribution is 6.34. The highest BCUT2D eigenvalue weighted by Gasteiger charge is 2.28. The van der Waals surface area contributed by atoms with Crippen LogP contribution in [0.25, 0.3) is 16.9 Å². The topological polar surface area (TPSA) is 142 Å². The number of halogens is 1. The van der Waals surface area contributed by atoms with Crippen LogP contribution in [0.3, 0.4) is 0 Å². The molecule has 0 unspecified atom stereocenters. The number of hydrogen-bond donors (Lipinski definition) is 3. The molecule has 4 aromatic rings. The molecule has 9 nitrogen and oxygen atoms in total. The predicted molar refractivity (Wildman–Crippen MR) is 124 cm³/mol. The second-order valence-corrected chi connectivity index (χ2v) is 7.98. The van der Waals surface area contributed by atoms with Gasteiger partial charge in [-0.2, -0.15) is 5.10 Å². The quantitative estimate of drug-likeness (QED) is 0.428. The van der Waals surface area contributed by atoms with Gasteiger partial charge in [0.05, 0.1) is 28.2 Å². The summed E-state index contributed by atoms with van der Waals surface area (Å²) in [6.07, 6.45) is 5.82. The Morgan fingerprint density at radius 2 is 1.94 bits per heavy atom. The van der Waals surface area contributed by atoms with Gasteiger partial charge < -0.3 is 16.8 Å². The Bertz CT molecular complexity index is 1410. The van der Waals surface area contributed by atoms with E-state index in [1.165, 1.54) is 12.4 Å². The van der Waals surface area contributed by atoms with Gasteiger partial charge in [0.1, 0.15) is 5.82 Å². The Balaban J connectivity index is 1.61. The number of carbonyl (C=O) groups excluding carboxylic acids is 2. The van der Waals surface area contributed by atoms with Gasteiger partial charge in [0.15, 0.2) is 5.69 Å². The molecule has 1 aromatic carbocycles. The van der Waals surface area contributed by atoms with E-state index >= 15 is 0 Å². The van der Waals surface area contributed by atoms with Crippen LogP contribution in [-0.2, 0) is 12.8 Å². The number of fused-ring (bicyclic) bond motifs is 3. The van der Waals surface area contributed by atoms with Crippen LogP contribution in [0.5, 0.6) is 0 Å². The molecule has 3 aromatic heterocycles. The number of carbonyl (C=O) groups is 2. The van der Waals surface area contributed by atoms with Gasteiger partial charge in [-0.05, 0) is 48.7 Å². The summed E-state index contributed by atoms with van der Waals surface area (Å²) in [6, 6.07) is 10.6. The molecule has 164 valence electrons. The summed E-state index contributed by atoms with van der Waals surface area (Å²) in [5.74, 6) is -0.587. The average molecular weight is 460 g/mol. The molecule has 10 heteroatoms. The molecular formula is C23H18ClN7O2. The number of rotatable bonds is 4. The number of primary amides is 1. The number of aromatic nitrogens is 4. The second kappa shape index (κ2) is 8.03. The first-order chi connectivity index (χ1) is 15.9. The molecule has 0 atom stereocenters. The fourth-order valence-corrected chi connectivity index (χ4v) is 4.19. The molecule has 0 aliphatic heterocycles. The van der Waals surface area contributed by atoms with Crippen LogP contribution < -0.4 is 16.8 Å². The number of nitrogens with zero attached hydrogens (tertiary/aromatic N) is 4. The number of aryl methyl sites for hydroxylation is 1. The molecule has 0 fully saturated rings. The third-order valence-electron chi connectivity index (χ3n) is 5.52. The summed E-state index contributed by atoms with van der Waals surface area (Å²) in [7, 11) is 0. The third kappa shape index (κ3) is 3.68. The van der Waals surface area contributed by atoms with E-state index in [0.717, 1.165) is 22.4 Å². The van der Waals surface area contributed by atoms with Crippen LogP contribution in [0, 0.1) is 0 Å². The number of benzene rings is 1. The number of nitrogens with two attached hydrogens (primary N) is 2. The fourth-order valence-electron chi connectivity index (χ4n) is 3.98. The van der Waals surface area contributed by atoms with Crippen molar-refractivity contribution in [3.05, 3.63) is 82.4 Å². The number of pyridine rings is 2. The zero-order chi connectivity index (χ0) is 23.1. The lowest BCUT2D eigenvalue weighted by molar-refractivity contribution is 0.0992. The van der Waals surface area contributed by atoms with E-state index in [0.29, 0.717) is 35.6 Å². The number of nitrogens with one attached hydrogen (secondary N) is 1. The van der Waals surface area contributed by atoms with Crippen LogP contribution in [0.1, 0.15) is 32.0 Å². The van der Waals surface area contributed by atoms with Crippen molar-refractivity contribution in [3.63, 3.8) is 0 Å². The van der Waals surface area contributed by atoms with Gasteiger partial charge in [-0.3, -0.25) is 14.6 Å². The molecule has 5 N–H and O–H groups in total. The second-order valence-electron chi connectivity index (χ2n) is 7.57. The van der Waals surface area contributed by atoms with Crippen LogP contribution >= 0.6 is 11.6 Å².